The normalized spacial score (nSPS) is 10.8. The average Bonchev–Trinajstić information content (AvgIpc) is 3.15. The number of nitrogens with zero attached hydrogens (tertiary/aromatic N) is 4. The van der Waals surface area contributed by atoms with Crippen LogP contribution in [0.15, 0.2) is 65.8 Å². The maximum atomic E-state index is 13.2. The molecule has 0 aliphatic heterocycles. The number of benzene rings is 2. The Hall–Kier alpha value is -3.79. The summed E-state index contributed by atoms with van der Waals surface area (Å²) in [5.41, 5.74) is 3.09. The lowest BCUT2D eigenvalue weighted by atomic mass is 10.1. The lowest BCUT2D eigenvalue weighted by molar-refractivity contribution is -0.114. The summed E-state index contributed by atoms with van der Waals surface area (Å²) in [5.74, 6) is -0.659. The van der Waals surface area contributed by atoms with Gasteiger partial charge in [0.05, 0.1) is 11.4 Å². The van der Waals surface area contributed by atoms with Crippen LogP contribution >= 0.6 is 11.8 Å². The molecule has 0 bridgehead atoms. The molecule has 0 radical (unpaired) electrons. The van der Waals surface area contributed by atoms with Crippen molar-refractivity contribution in [3.8, 4) is 11.3 Å². The lowest BCUT2D eigenvalue weighted by Gasteiger charge is -2.07. The highest BCUT2D eigenvalue weighted by Crippen LogP contribution is 2.21. The van der Waals surface area contributed by atoms with E-state index in [1.807, 2.05) is 0 Å². The Morgan fingerprint density at radius 2 is 1.74 bits per heavy atom. The topological polar surface area (TPSA) is 101 Å². The van der Waals surface area contributed by atoms with Crippen LogP contribution in [-0.2, 0) is 9.59 Å². The van der Waals surface area contributed by atoms with E-state index in [2.05, 4.69) is 25.9 Å². The molecule has 31 heavy (non-hydrogen) atoms. The second-order valence-corrected chi connectivity index (χ2v) is 7.52. The third kappa shape index (κ3) is 5.04. The molecular weight excluding hydrogens is 419 g/mol. The number of hydrogen-bond donors (Lipinski definition) is 2. The first-order valence-electron chi connectivity index (χ1n) is 9.27. The standard InChI is InChI=1S/C21H17FN6O2S/c1-13(29)23-16-3-2-4-17(11-16)24-20(30)12-31-21-26-25-19-10-9-18(27-28(19)21)14-5-7-15(22)8-6-14/h2-11H,12H2,1H3,(H,23,29)(H,24,30). The van der Waals surface area contributed by atoms with Gasteiger partial charge in [0.25, 0.3) is 0 Å². The third-order valence-electron chi connectivity index (χ3n) is 4.17. The second-order valence-electron chi connectivity index (χ2n) is 6.58. The number of anilines is 2. The van der Waals surface area contributed by atoms with Crippen molar-refractivity contribution in [2.24, 2.45) is 0 Å². The van der Waals surface area contributed by atoms with Crippen molar-refractivity contribution in [3.63, 3.8) is 0 Å². The SMILES string of the molecule is CC(=O)Nc1cccc(NC(=O)CSc2nnc3ccc(-c4ccc(F)cc4)nn23)c1. The van der Waals surface area contributed by atoms with Gasteiger partial charge in [0, 0.05) is 23.9 Å². The molecule has 0 aliphatic carbocycles. The maximum Gasteiger partial charge on any atom is 0.234 e. The summed E-state index contributed by atoms with van der Waals surface area (Å²) in [4.78, 5) is 23.5. The highest BCUT2D eigenvalue weighted by molar-refractivity contribution is 7.99. The van der Waals surface area contributed by atoms with Gasteiger partial charge in [0.1, 0.15) is 5.82 Å². The van der Waals surface area contributed by atoms with Crippen molar-refractivity contribution in [1.29, 1.82) is 0 Å². The molecule has 2 aromatic carbocycles. The molecule has 0 unspecified atom stereocenters. The number of fused-ring (bicyclic) bond motifs is 1. The molecule has 2 amide bonds. The highest BCUT2D eigenvalue weighted by atomic mass is 32.2. The Morgan fingerprint density at radius 1 is 1.00 bits per heavy atom. The van der Waals surface area contributed by atoms with Crippen molar-refractivity contribution in [2.45, 2.75) is 12.1 Å². The Labute approximate surface area is 180 Å². The minimum atomic E-state index is -0.320. The van der Waals surface area contributed by atoms with Gasteiger partial charge in [-0.25, -0.2) is 4.39 Å². The van der Waals surface area contributed by atoms with Crippen LogP contribution in [0.25, 0.3) is 16.9 Å². The number of thioether (sulfide) groups is 1. The number of rotatable bonds is 6. The van der Waals surface area contributed by atoms with Crippen LogP contribution in [0, 0.1) is 5.82 Å². The summed E-state index contributed by atoms with van der Waals surface area (Å²) in [6.45, 7) is 1.42. The number of nitrogens with one attached hydrogen (secondary N) is 2. The fourth-order valence-electron chi connectivity index (χ4n) is 2.84. The number of aromatic nitrogens is 4. The Balaban J connectivity index is 1.45. The summed E-state index contributed by atoms with van der Waals surface area (Å²) in [6, 6.07) is 16.4. The lowest BCUT2D eigenvalue weighted by Crippen LogP contribution is -2.15. The number of carbonyl (C=O) groups excluding carboxylic acids is 2. The molecule has 0 aliphatic rings. The van der Waals surface area contributed by atoms with Crippen molar-refractivity contribution in [1.82, 2.24) is 19.8 Å². The van der Waals surface area contributed by atoms with Gasteiger partial charge in [-0.3, -0.25) is 9.59 Å². The molecule has 8 nitrogen and oxygen atoms in total. The van der Waals surface area contributed by atoms with Crippen molar-refractivity contribution < 1.29 is 14.0 Å². The summed E-state index contributed by atoms with van der Waals surface area (Å²) < 4.78 is 14.7. The molecule has 2 aromatic heterocycles. The van der Waals surface area contributed by atoms with Gasteiger partial charge in [-0.1, -0.05) is 17.8 Å². The zero-order valence-corrected chi connectivity index (χ0v) is 17.2. The van der Waals surface area contributed by atoms with Gasteiger partial charge in [0.2, 0.25) is 17.0 Å². The Kier molecular flexibility index (Phi) is 5.89. The van der Waals surface area contributed by atoms with E-state index in [0.717, 1.165) is 5.56 Å². The Bertz CT molecular complexity index is 1260. The van der Waals surface area contributed by atoms with Gasteiger partial charge < -0.3 is 10.6 Å². The number of carbonyl (C=O) groups is 2. The van der Waals surface area contributed by atoms with Crippen LogP contribution in [0.1, 0.15) is 6.92 Å². The van der Waals surface area contributed by atoms with Gasteiger partial charge in [0.15, 0.2) is 5.65 Å². The zero-order valence-electron chi connectivity index (χ0n) is 16.4. The predicted octanol–water partition coefficient (Wildman–Crippen LogP) is 3.62. The number of halogens is 1. The first-order chi connectivity index (χ1) is 15.0. The van der Waals surface area contributed by atoms with E-state index in [9.17, 15) is 14.0 Å². The van der Waals surface area contributed by atoms with Gasteiger partial charge >= 0.3 is 0 Å². The van der Waals surface area contributed by atoms with E-state index < -0.39 is 0 Å². The summed E-state index contributed by atoms with van der Waals surface area (Å²) in [5, 5.41) is 18.6. The molecule has 156 valence electrons. The van der Waals surface area contributed by atoms with E-state index in [1.165, 1.54) is 30.8 Å². The van der Waals surface area contributed by atoms with Crippen LogP contribution in [0.4, 0.5) is 15.8 Å². The summed E-state index contributed by atoms with van der Waals surface area (Å²) in [6.07, 6.45) is 0. The molecule has 2 heterocycles. The smallest absolute Gasteiger partial charge is 0.234 e. The van der Waals surface area contributed by atoms with Crippen LogP contribution in [-0.4, -0.2) is 37.4 Å². The first kappa shape index (κ1) is 20.5. The number of amides is 2. The van der Waals surface area contributed by atoms with Crippen LogP contribution in [0.3, 0.4) is 0 Å². The van der Waals surface area contributed by atoms with E-state index in [0.29, 0.717) is 27.9 Å². The quantitative estimate of drug-likeness (QED) is 0.448. The molecule has 4 aromatic rings. The monoisotopic (exact) mass is 436 g/mol. The maximum absolute atomic E-state index is 13.2. The molecule has 0 saturated carbocycles. The van der Waals surface area contributed by atoms with Crippen molar-refractivity contribution >= 4 is 40.6 Å². The van der Waals surface area contributed by atoms with Crippen molar-refractivity contribution in [2.75, 3.05) is 16.4 Å². The van der Waals surface area contributed by atoms with Crippen LogP contribution < -0.4 is 10.6 Å². The molecular formula is C21H17FN6O2S. The van der Waals surface area contributed by atoms with Gasteiger partial charge in [-0.2, -0.15) is 9.61 Å². The molecule has 2 N–H and O–H groups in total. The first-order valence-corrected chi connectivity index (χ1v) is 10.3. The molecule has 0 saturated heterocycles. The molecule has 4 rings (SSSR count). The predicted molar refractivity (Wildman–Crippen MR) is 116 cm³/mol. The molecule has 0 atom stereocenters. The average molecular weight is 436 g/mol. The molecule has 10 heteroatoms. The Morgan fingerprint density at radius 3 is 2.48 bits per heavy atom. The fourth-order valence-corrected chi connectivity index (χ4v) is 3.53. The highest BCUT2D eigenvalue weighted by Gasteiger charge is 2.12. The molecule has 0 spiro atoms. The fraction of sp³-hybridized carbons (Fsp3) is 0.0952. The van der Waals surface area contributed by atoms with Crippen molar-refractivity contribution in [3.05, 3.63) is 66.5 Å². The third-order valence-corrected chi connectivity index (χ3v) is 5.09. The minimum Gasteiger partial charge on any atom is -0.326 e. The van der Waals surface area contributed by atoms with E-state index in [4.69, 9.17) is 0 Å². The van der Waals surface area contributed by atoms with Gasteiger partial charge in [-0.05, 0) is 54.6 Å². The number of hydrogen-bond acceptors (Lipinski definition) is 6. The van der Waals surface area contributed by atoms with Crippen LogP contribution in [0.2, 0.25) is 0 Å². The van der Waals surface area contributed by atoms with E-state index in [1.54, 1.807) is 53.0 Å². The van der Waals surface area contributed by atoms with E-state index in [-0.39, 0.29) is 23.4 Å². The summed E-state index contributed by atoms with van der Waals surface area (Å²) >= 11 is 1.19. The molecule has 0 fully saturated rings. The summed E-state index contributed by atoms with van der Waals surface area (Å²) in [7, 11) is 0. The largest absolute Gasteiger partial charge is 0.326 e. The zero-order chi connectivity index (χ0) is 21.8. The minimum absolute atomic E-state index is 0.0909. The van der Waals surface area contributed by atoms with Gasteiger partial charge in [-0.15, -0.1) is 10.2 Å². The van der Waals surface area contributed by atoms with Crippen LogP contribution in [0.5, 0.6) is 0 Å². The van der Waals surface area contributed by atoms with E-state index >= 15 is 0 Å². The second kappa shape index (κ2) is 8.92.